The molecule has 10 aromatic rings. The Hall–Kier alpha value is -5.94. The second kappa shape index (κ2) is 8.30. The van der Waals surface area contributed by atoms with Crippen LogP contribution in [0.1, 0.15) is 0 Å². The largest absolute Gasteiger partial charge is 0.456 e. The first kappa shape index (κ1) is 22.7. The van der Waals surface area contributed by atoms with Crippen LogP contribution in [0, 0.1) is 0 Å². The van der Waals surface area contributed by atoms with Crippen LogP contribution in [-0.4, -0.2) is 18.9 Å². The molecule has 0 aliphatic carbocycles. The standard InChI is InChI=1S/C38H22N4O/c1-4-12-30-29(11-1)37-39-31-13-5-7-15-33(31)42(37)38(40-30)41-32-14-6-2-9-25(32)26-19-17-23(21-34(26)41)24-18-20-28-27-10-3-8-16-35(27)43-36(28)22-24/h1-22H. The first-order valence-electron chi connectivity index (χ1n) is 14.4. The van der Waals surface area contributed by atoms with E-state index in [1.54, 1.807) is 0 Å². The molecular weight excluding hydrogens is 528 g/mol. The van der Waals surface area contributed by atoms with Crippen LogP contribution in [0.3, 0.4) is 0 Å². The maximum Gasteiger partial charge on any atom is 0.221 e. The van der Waals surface area contributed by atoms with Gasteiger partial charge in [0, 0.05) is 26.9 Å². The summed E-state index contributed by atoms with van der Waals surface area (Å²) in [6.45, 7) is 0. The third-order valence-electron chi connectivity index (χ3n) is 8.71. The van der Waals surface area contributed by atoms with Gasteiger partial charge in [0.2, 0.25) is 5.95 Å². The van der Waals surface area contributed by atoms with Crippen molar-refractivity contribution in [2.75, 3.05) is 0 Å². The molecule has 0 bridgehead atoms. The lowest BCUT2D eigenvalue weighted by molar-refractivity contribution is 0.669. The third-order valence-corrected chi connectivity index (χ3v) is 8.71. The average Bonchev–Trinajstić information content (AvgIpc) is 3.73. The number of imidazole rings is 1. The molecular formula is C38H22N4O. The summed E-state index contributed by atoms with van der Waals surface area (Å²) in [6, 6.07) is 46.6. The van der Waals surface area contributed by atoms with Crippen LogP contribution in [0.25, 0.3) is 88.4 Å². The number of fused-ring (bicyclic) bond motifs is 11. The van der Waals surface area contributed by atoms with E-state index in [0.29, 0.717) is 0 Å². The van der Waals surface area contributed by atoms with Crippen LogP contribution in [0.2, 0.25) is 0 Å². The van der Waals surface area contributed by atoms with Gasteiger partial charge in [-0.05, 0) is 65.7 Å². The van der Waals surface area contributed by atoms with Gasteiger partial charge in [-0.2, -0.15) is 0 Å². The fourth-order valence-electron chi connectivity index (χ4n) is 6.75. The maximum atomic E-state index is 6.24. The average molecular weight is 551 g/mol. The van der Waals surface area contributed by atoms with Gasteiger partial charge in [-0.1, -0.05) is 78.9 Å². The number of rotatable bonds is 2. The molecule has 0 unspecified atom stereocenters. The Morgan fingerprint density at radius 2 is 1.07 bits per heavy atom. The lowest BCUT2D eigenvalue weighted by Gasteiger charge is -2.13. The van der Waals surface area contributed by atoms with Gasteiger partial charge < -0.3 is 4.42 Å². The van der Waals surface area contributed by atoms with Gasteiger partial charge in [0.05, 0.1) is 27.6 Å². The van der Waals surface area contributed by atoms with E-state index < -0.39 is 0 Å². The Morgan fingerprint density at radius 3 is 1.95 bits per heavy atom. The highest BCUT2D eigenvalue weighted by atomic mass is 16.3. The number of hydrogen-bond acceptors (Lipinski definition) is 3. The number of benzene rings is 6. The number of hydrogen-bond donors (Lipinski definition) is 0. The summed E-state index contributed by atoms with van der Waals surface area (Å²) >= 11 is 0. The Balaban J connectivity index is 1.31. The van der Waals surface area contributed by atoms with Crippen molar-refractivity contribution >= 4 is 71.3 Å². The van der Waals surface area contributed by atoms with Crippen LogP contribution in [-0.2, 0) is 0 Å². The zero-order valence-corrected chi connectivity index (χ0v) is 22.9. The van der Waals surface area contributed by atoms with Crippen molar-refractivity contribution in [1.29, 1.82) is 0 Å². The molecule has 0 amide bonds. The number of nitrogens with zero attached hydrogens (tertiary/aromatic N) is 4. The Bertz CT molecular complexity index is 2740. The molecule has 0 atom stereocenters. The van der Waals surface area contributed by atoms with Crippen LogP contribution in [0.5, 0.6) is 0 Å². The fourth-order valence-corrected chi connectivity index (χ4v) is 6.75. The van der Waals surface area contributed by atoms with Gasteiger partial charge in [0.15, 0.2) is 0 Å². The second-order valence-electron chi connectivity index (χ2n) is 11.1. The summed E-state index contributed by atoms with van der Waals surface area (Å²) in [6.07, 6.45) is 0. The van der Waals surface area contributed by atoms with Gasteiger partial charge in [-0.25, -0.2) is 9.97 Å². The number of aromatic nitrogens is 4. The predicted molar refractivity (Wildman–Crippen MR) is 175 cm³/mol. The van der Waals surface area contributed by atoms with Crippen molar-refractivity contribution in [3.8, 4) is 17.1 Å². The fraction of sp³-hybridized carbons (Fsp3) is 0. The van der Waals surface area contributed by atoms with E-state index in [-0.39, 0.29) is 0 Å². The van der Waals surface area contributed by atoms with Crippen molar-refractivity contribution in [3.05, 3.63) is 133 Å². The van der Waals surface area contributed by atoms with E-state index >= 15 is 0 Å². The van der Waals surface area contributed by atoms with Crippen LogP contribution in [0.15, 0.2) is 138 Å². The van der Waals surface area contributed by atoms with Crippen LogP contribution < -0.4 is 0 Å². The zero-order chi connectivity index (χ0) is 28.1. The molecule has 5 heteroatoms. The summed E-state index contributed by atoms with van der Waals surface area (Å²) < 4.78 is 10.7. The van der Waals surface area contributed by atoms with Gasteiger partial charge >= 0.3 is 0 Å². The van der Waals surface area contributed by atoms with E-state index in [1.807, 2.05) is 24.3 Å². The van der Waals surface area contributed by atoms with Crippen LogP contribution >= 0.6 is 0 Å². The quantitative estimate of drug-likeness (QED) is 0.215. The number of para-hydroxylation sites is 5. The Morgan fingerprint density at radius 1 is 0.442 bits per heavy atom. The molecule has 0 spiro atoms. The zero-order valence-electron chi connectivity index (χ0n) is 22.9. The normalized spacial score (nSPS) is 12.2. The lowest BCUT2D eigenvalue weighted by atomic mass is 10.0. The molecule has 6 aromatic carbocycles. The SMILES string of the molecule is c1ccc2c(c1)nc(-n1c3ccccc3c3ccc(-c4ccc5c(c4)oc4ccccc45)cc31)n1c3ccccc3nc21. The smallest absolute Gasteiger partial charge is 0.221 e. The minimum atomic E-state index is 0.818. The Labute approximate surface area is 244 Å². The molecule has 200 valence electrons. The summed E-state index contributed by atoms with van der Waals surface area (Å²) in [4.78, 5) is 10.4. The molecule has 4 aromatic heterocycles. The molecule has 10 rings (SSSR count). The molecule has 0 aliphatic rings. The molecule has 0 radical (unpaired) electrons. The van der Waals surface area contributed by atoms with Crippen molar-refractivity contribution in [3.63, 3.8) is 0 Å². The van der Waals surface area contributed by atoms with E-state index in [1.165, 1.54) is 10.8 Å². The first-order valence-corrected chi connectivity index (χ1v) is 14.4. The van der Waals surface area contributed by atoms with Gasteiger partial charge in [-0.15, -0.1) is 0 Å². The second-order valence-corrected chi connectivity index (χ2v) is 11.1. The van der Waals surface area contributed by atoms with Gasteiger partial charge in [0.1, 0.15) is 16.8 Å². The van der Waals surface area contributed by atoms with Crippen LogP contribution in [0.4, 0.5) is 0 Å². The highest BCUT2D eigenvalue weighted by Crippen LogP contribution is 2.38. The topological polar surface area (TPSA) is 48.3 Å². The lowest BCUT2D eigenvalue weighted by Crippen LogP contribution is -2.06. The van der Waals surface area contributed by atoms with E-state index in [9.17, 15) is 0 Å². The summed E-state index contributed by atoms with van der Waals surface area (Å²) in [5.74, 6) is 0.818. The highest BCUT2D eigenvalue weighted by molar-refractivity contribution is 6.11. The third kappa shape index (κ3) is 3.11. The van der Waals surface area contributed by atoms with Crippen molar-refractivity contribution < 1.29 is 4.42 Å². The highest BCUT2D eigenvalue weighted by Gasteiger charge is 2.20. The van der Waals surface area contributed by atoms with E-state index in [2.05, 4.69) is 118 Å². The number of furan rings is 1. The minimum Gasteiger partial charge on any atom is -0.456 e. The van der Waals surface area contributed by atoms with Crippen molar-refractivity contribution in [2.45, 2.75) is 0 Å². The van der Waals surface area contributed by atoms with Crippen molar-refractivity contribution in [2.24, 2.45) is 0 Å². The van der Waals surface area contributed by atoms with E-state index in [4.69, 9.17) is 14.4 Å². The summed E-state index contributed by atoms with van der Waals surface area (Å²) in [5, 5.41) is 5.66. The molecule has 0 aliphatic heterocycles. The molecule has 0 saturated carbocycles. The Kier molecular flexibility index (Phi) is 4.39. The summed E-state index contributed by atoms with van der Waals surface area (Å²) in [7, 11) is 0. The maximum absolute atomic E-state index is 6.24. The molecule has 4 heterocycles. The van der Waals surface area contributed by atoms with Crippen molar-refractivity contribution in [1.82, 2.24) is 18.9 Å². The molecule has 0 saturated heterocycles. The van der Waals surface area contributed by atoms with E-state index in [0.717, 1.165) is 77.6 Å². The molecule has 0 N–H and O–H groups in total. The predicted octanol–water partition coefficient (Wildman–Crippen LogP) is 9.70. The first-order chi connectivity index (χ1) is 21.3. The summed E-state index contributed by atoms with van der Waals surface area (Å²) in [5.41, 5.74) is 10.0. The van der Waals surface area contributed by atoms with Gasteiger partial charge in [0.25, 0.3) is 0 Å². The monoisotopic (exact) mass is 550 g/mol. The minimum absolute atomic E-state index is 0.818. The molecule has 0 fully saturated rings. The molecule has 43 heavy (non-hydrogen) atoms. The molecule has 5 nitrogen and oxygen atoms in total. The van der Waals surface area contributed by atoms with Gasteiger partial charge in [-0.3, -0.25) is 8.97 Å².